The summed E-state index contributed by atoms with van der Waals surface area (Å²) in [6.45, 7) is 4.60. The van der Waals surface area contributed by atoms with Crippen LogP contribution >= 0.6 is 0 Å². The van der Waals surface area contributed by atoms with Gasteiger partial charge in [0.15, 0.2) is 5.82 Å². The van der Waals surface area contributed by atoms with Crippen LogP contribution in [0, 0.1) is 13.8 Å². The first-order valence-corrected chi connectivity index (χ1v) is 5.40. The van der Waals surface area contributed by atoms with Crippen LogP contribution in [-0.2, 0) is 6.42 Å². The fourth-order valence-electron chi connectivity index (χ4n) is 1.68. The molecule has 2 rings (SSSR count). The second-order valence-electron chi connectivity index (χ2n) is 3.86. The van der Waals surface area contributed by atoms with Gasteiger partial charge in [0.05, 0.1) is 5.69 Å². The predicted molar refractivity (Wildman–Crippen MR) is 63.6 cm³/mol. The standard InChI is InChI=1S/C12H16N4/c1-9-4-3-5-11(8-9)16-10(2)14-12(15-16)6-7-13/h3-5,8H,6-7,13H2,1-2H3. The second kappa shape index (κ2) is 4.45. The SMILES string of the molecule is Cc1cccc(-n2nc(CCN)nc2C)c1. The summed E-state index contributed by atoms with van der Waals surface area (Å²) in [6.07, 6.45) is 0.722. The van der Waals surface area contributed by atoms with Gasteiger partial charge in [0.25, 0.3) is 0 Å². The van der Waals surface area contributed by atoms with Crippen molar-refractivity contribution in [2.24, 2.45) is 5.73 Å². The van der Waals surface area contributed by atoms with Crippen molar-refractivity contribution in [1.82, 2.24) is 14.8 Å². The van der Waals surface area contributed by atoms with Gasteiger partial charge in [-0.1, -0.05) is 12.1 Å². The first-order chi connectivity index (χ1) is 7.70. The van der Waals surface area contributed by atoms with Crippen LogP contribution in [0.1, 0.15) is 17.2 Å². The van der Waals surface area contributed by atoms with Crippen LogP contribution in [-0.4, -0.2) is 21.3 Å². The quantitative estimate of drug-likeness (QED) is 0.843. The Morgan fingerprint density at radius 2 is 2.12 bits per heavy atom. The highest BCUT2D eigenvalue weighted by Gasteiger charge is 2.06. The number of benzene rings is 1. The Hall–Kier alpha value is -1.68. The molecule has 0 amide bonds. The van der Waals surface area contributed by atoms with Crippen molar-refractivity contribution >= 4 is 0 Å². The topological polar surface area (TPSA) is 56.7 Å². The van der Waals surface area contributed by atoms with Crippen LogP contribution in [0.2, 0.25) is 0 Å². The molecule has 1 heterocycles. The molecule has 0 radical (unpaired) electrons. The van der Waals surface area contributed by atoms with Crippen LogP contribution in [0.5, 0.6) is 0 Å². The van der Waals surface area contributed by atoms with Gasteiger partial charge in [-0.05, 0) is 38.1 Å². The van der Waals surface area contributed by atoms with E-state index in [-0.39, 0.29) is 0 Å². The van der Waals surface area contributed by atoms with E-state index in [0.717, 1.165) is 23.8 Å². The van der Waals surface area contributed by atoms with E-state index in [9.17, 15) is 0 Å². The molecule has 0 unspecified atom stereocenters. The Morgan fingerprint density at radius 3 is 2.81 bits per heavy atom. The minimum absolute atomic E-state index is 0.581. The lowest BCUT2D eigenvalue weighted by Crippen LogP contribution is -2.05. The van der Waals surface area contributed by atoms with Crippen molar-refractivity contribution in [3.05, 3.63) is 41.5 Å². The number of hydrogen-bond acceptors (Lipinski definition) is 3. The van der Waals surface area contributed by atoms with E-state index < -0.39 is 0 Å². The molecular formula is C12H16N4. The van der Waals surface area contributed by atoms with Crippen molar-refractivity contribution < 1.29 is 0 Å². The smallest absolute Gasteiger partial charge is 0.152 e. The largest absolute Gasteiger partial charge is 0.330 e. The molecule has 0 bridgehead atoms. The molecule has 84 valence electrons. The lowest BCUT2D eigenvalue weighted by Gasteiger charge is -2.03. The van der Waals surface area contributed by atoms with Gasteiger partial charge in [-0.3, -0.25) is 0 Å². The number of aromatic nitrogens is 3. The Labute approximate surface area is 95.1 Å². The van der Waals surface area contributed by atoms with E-state index >= 15 is 0 Å². The second-order valence-corrected chi connectivity index (χ2v) is 3.86. The fraction of sp³-hybridized carbons (Fsp3) is 0.333. The van der Waals surface area contributed by atoms with Crippen LogP contribution < -0.4 is 5.73 Å². The van der Waals surface area contributed by atoms with E-state index in [4.69, 9.17) is 5.73 Å². The molecule has 1 aromatic carbocycles. The normalized spacial score (nSPS) is 10.7. The molecule has 16 heavy (non-hydrogen) atoms. The first-order valence-electron chi connectivity index (χ1n) is 5.40. The Bertz CT molecular complexity index is 488. The molecule has 2 aromatic rings. The van der Waals surface area contributed by atoms with Crippen molar-refractivity contribution in [1.29, 1.82) is 0 Å². The fourth-order valence-corrected chi connectivity index (χ4v) is 1.68. The summed E-state index contributed by atoms with van der Waals surface area (Å²) < 4.78 is 1.86. The summed E-state index contributed by atoms with van der Waals surface area (Å²) in [5, 5.41) is 4.44. The molecule has 0 saturated heterocycles. The van der Waals surface area contributed by atoms with E-state index in [1.165, 1.54) is 5.56 Å². The molecule has 0 saturated carbocycles. The maximum Gasteiger partial charge on any atom is 0.152 e. The van der Waals surface area contributed by atoms with Gasteiger partial charge in [0.2, 0.25) is 0 Å². The lowest BCUT2D eigenvalue weighted by molar-refractivity contribution is 0.803. The van der Waals surface area contributed by atoms with Crippen LogP contribution in [0.3, 0.4) is 0 Å². The van der Waals surface area contributed by atoms with Crippen molar-refractivity contribution in [2.75, 3.05) is 6.54 Å². The molecule has 0 fully saturated rings. The molecule has 0 aliphatic carbocycles. The van der Waals surface area contributed by atoms with Gasteiger partial charge < -0.3 is 5.73 Å². The molecule has 4 nitrogen and oxygen atoms in total. The third-order valence-corrected chi connectivity index (χ3v) is 2.43. The zero-order valence-electron chi connectivity index (χ0n) is 9.64. The Kier molecular flexibility index (Phi) is 3.01. The summed E-state index contributed by atoms with van der Waals surface area (Å²) in [6, 6.07) is 8.21. The van der Waals surface area contributed by atoms with Crippen molar-refractivity contribution in [3.63, 3.8) is 0 Å². The number of rotatable bonds is 3. The number of aryl methyl sites for hydroxylation is 2. The molecule has 2 N–H and O–H groups in total. The highest BCUT2D eigenvalue weighted by molar-refractivity contribution is 5.35. The molecular weight excluding hydrogens is 200 g/mol. The van der Waals surface area contributed by atoms with E-state index in [0.29, 0.717) is 6.54 Å². The number of nitrogens with zero attached hydrogens (tertiary/aromatic N) is 3. The summed E-state index contributed by atoms with van der Waals surface area (Å²) in [4.78, 5) is 4.38. The van der Waals surface area contributed by atoms with Gasteiger partial charge in [0, 0.05) is 6.42 Å². The van der Waals surface area contributed by atoms with Crippen LogP contribution in [0.15, 0.2) is 24.3 Å². The van der Waals surface area contributed by atoms with E-state index in [2.05, 4.69) is 29.1 Å². The Balaban J connectivity index is 2.40. The Morgan fingerprint density at radius 1 is 1.31 bits per heavy atom. The minimum atomic E-state index is 0.581. The van der Waals surface area contributed by atoms with E-state index in [1.807, 2.05) is 23.7 Å². The molecule has 4 heteroatoms. The third-order valence-electron chi connectivity index (χ3n) is 2.43. The van der Waals surface area contributed by atoms with Gasteiger partial charge in [-0.15, -0.1) is 0 Å². The maximum atomic E-state index is 5.49. The average Bonchev–Trinajstić information content (AvgIpc) is 2.60. The summed E-state index contributed by atoms with van der Waals surface area (Å²) in [7, 11) is 0. The van der Waals surface area contributed by atoms with Gasteiger partial charge in [0.1, 0.15) is 5.82 Å². The highest BCUT2D eigenvalue weighted by atomic mass is 15.3. The lowest BCUT2D eigenvalue weighted by atomic mass is 10.2. The number of nitrogens with two attached hydrogens (primary N) is 1. The first kappa shape index (κ1) is 10.8. The monoisotopic (exact) mass is 216 g/mol. The van der Waals surface area contributed by atoms with Crippen LogP contribution in [0.4, 0.5) is 0 Å². The summed E-state index contributed by atoms with van der Waals surface area (Å²) in [5.41, 5.74) is 7.76. The molecule has 0 spiro atoms. The van der Waals surface area contributed by atoms with Crippen molar-refractivity contribution in [2.45, 2.75) is 20.3 Å². The maximum absolute atomic E-state index is 5.49. The minimum Gasteiger partial charge on any atom is -0.330 e. The van der Waals surface area contributed by atoms with Crippen molar-refractivity contribution in [3.8, 4) is 5.69 Å². The summed E-state index contributed by atoms with van der Waals surface area (Å²) >= 11 is 0. The number of hydrogen-bond donors (Lipinski definition) is 1. The zero-order chi connectivity index (χ0) is 11.5. The average molecular weight is 216 g/mol. The summed E-state index contributed by atoms with van der Waals surface area (Å²) in [5.74, 6) is 1.70. The van der Waals surface area contributed by atoms with Gasteiger partial charge in [-0.2, -0.15) is 5.10 Å². The molecule has 0 aliphatic heterocycles. The van der Waals surface area contributed by atoms with Gasteiger partial charge in [-0.25, -0.2) is 9.67 Å². The molecule has 0 aliphatic rings. The van der Waals surface area contributed by atoms with Crippen LogP contribution in [0.25, 0.3) is 5.69 Å². The third kappa shape index (κ3) is 2.12. The van der Waals surface area contributed by atoms with Gasteiger partial charge >= 0.3 is 0 Å². The molecule has 0 atom stereocenters. The highest BCUT2D eigenvalue weighted by Crippen LogP contribution is 2.11. The van der Waals surface area contributed by atoms with E-state index in [1.54, 1.807) is 0 Å². The zero-order valence-corrected chi connectivity index (χ0v) is 9.64. The molecule has 1 aromatic heterocycles. The predicted octanol–water partition coefficient (Wildman–Crippen LogP) is 1.39.